The highest BCUT2D eigenvalue weighted by Crippen LogP contribution is 2.35. The predicted molar refractivity (Wildman–Crippen MR) is 121 cm³/mol. The minimum absolute atomic E-state index is 0.0840. The molecule has 4 aromatic rings. The first kappa shape index (κ1) is 24.1. The first-order chi connectivity index (χ1) is 16.7. The van der Waals surface area contributed by atoms with E-state index in [9.17, 15) is 26.7 Å². The van der Waals surface area contributed by atoms with Crippen molar-refractivity contribution in [3.63, 3.8) is 0 Å². The van der Waals surface area contributed by atoms with Gasteiger partial charge >= 0.3 is 5.97 Å². The van der Waals surface area contributed by atoms with Gasteiger partial charge in [0.25, 0.3) is 0 Å². The maximum Gasteiger partial charge on any atom is 0.342 e. The molecule has 0 heterocycles. The van der Waals surface area contributed by atoms with Crippen molar-refractivity contribution in [3.8, 4) is 11.1 Å². The molecule has 0 fully saturated rings. The molecule has 0 radical (unpaired) electrons. The molecular weight excluding hydrogens is 463 g/mol. The lowest BCUT2D eigenvalue weighted by Gasteiger charge is -2.21. The Hall–Kier alpha value is -4.00. The molecule has 0 bridgehead atoms. The zero-order valence-corrected chi connectivity index (χ0v) is 18.7. The fourth-order valence-electron chi connectivity index (χ4n) is 3.70. The Morgan fingerprint density at radius 2 is 1.34 bits per heavy atom. The van der Waals surface area contributed by atoms with E-state index >= 15 is 0 Å². The zero-order valence-electron chi connectivity index (χ0n) is 18.7. The Morgan fingerprint density at radius 1 is 0.714 bits per heavy atom. The summed E-state index contributed by atoms with van der Waals surface area (Å²) in [5.41, 5.74) is 0.0862. The number of ether oxygens (including phenoxy) is 1. The number of halogens is 5. The number of aryl methyl sites for hydroxylation is 1. The number of carbonyl (C=O) groups is 1. The molecule has 7 heteroatoms. The van der Waals surface area contributed by atoms with Crippen molar-refractivity contribution < 1.29 is 31.5 Å². The number of rotatable bonds is 5. The summed E-state index contributed by atoms with van der Waals surface area (Å²) in [6.07, 6.45) is -1.80. The molecule has 0 N–H and O–H groups in total. The smallest absolute Gasteiger partial charge is 0.342 e. The van der Waals surface area contributed by atoms with Gasteiger partial charge in [-0.2, -0.15) is 0 Å². The van der Waals surface area contributed by atoms with Gasteiger partial charge in [-0.25, -0.2) is 26.7 Å². The molecule has 4 rings (SSSR count). The maximum atomic E-state index is 14.9. The van der Waals surface area contributed by atoms with E-state index in [0.717, 1.165) is 24.1 Å². The van der Waals surface area contributed by atoms with Crippen molar-refractivity contribution in [2.75, 3.05) is 0 Å². The summed E-state index contributed by atoms with van der Waals surface area (Å²) in [5.74, 6) is -8.96. The molecular formula is C28H19F5O2. The lowest BCUT2D eigenvalue weighted by Crippen LogP contribution is -2.19. The number of carbonyl (C=O) groups excluding carboxylic acids is 1. The highest BCUT2D eigenvalue weighted by atomic mass is 19.2. The summed E-state index contributed by atoms with van der Waals surface area (Å²) in [4.78, 5) is 12.9. The largest absolute Gasteiger partial charge is 0.449 e. The maximum absolute atomic E-state index is 14.9. The van der Waals surface area contributed by atoms with Gasteiger partial charge in [0.1, 0.15) is 11.6 Å². The third-order valence-corrected chi connectivity index (χ3v) is 5.68. The number of hydrogen-bond acceptors (Lipinski definition) is 2. The van der Waals surface area contributed by atoms with Crippen LogP contribution in [0.3, 0.4) is 0 Å². The summed E-state index contributed by atoms with van der Waals surface area (Å²) < 4.78 is 77.9. The van der Waals surface area contributed by atoms with E-state index in [1.807, 2.05) is 19.1 Å². The highest BCUT2D eigenvalue weighted by molar-refractivity contribution is 5.90. The fraction of sp³-hybridized carbons (Fsp3) is 0.107. The van der Waals surface area contributed by atoms with E-state index in [1.165, 1.54) is 36.4 Å². The first-order valence-electron chi connectivity index (χ1n) is 10.6. The third kappa shape index (κ3) is 4.67. The molecule has 35 heavy (non-hydrogen) atoms. The minimum Gasteiger partial charge on any atom is -0.449 e. The van der Waals surface area contributed by atoms with Crippen LogP contribution in [0.5, 0.6) is 0 Å². The fourth-order valence-corrected chi connectivity index (χ4v) is 3.70. The number of esters is 1. The van der Waals surface area contributed by atoms with Crippen LogP contribution in [0.15, 0.2) is 72.8 Å². The van der Waals surface area contributed by atoms with Gasteiger partial charge in [-0.1, -0.05) is 66.2 Å². The molecule has 0 aliphatic carbocycles. The van der Waals surface area contributed by atoms with Gasteiger partial charge in [0, 0.05) is 5.56 Å². The van der Waals surface area contributed by atoms with Gasteiger partial charge in [0.05, 0.1) is 11.1 Å². The SMILES string of the molecule is Cc1ccc(-c2ccc(C(=O)OC(c3ccccc3)c3c(F)c(C)c(F)c(F)c3F)c(F)c2)cc1. The van der Waals surface area contributed by atoms with Crippen molar-refractivity contribution in [1.29, 1.82) is 0 Å². The molecule has 0 saturated carbocycles. The molecule has 178 valence electrons. The Balaban J connectivity index is 1.74. The molecule has 0 amide bonds. The van der Waals surface area contributed by atoms with Crippen LogP contribution in [0.2, 0.25) is 0 Å². The van der Waals surface area contributed by atoms with Gasteiger partial charge in [0.15, 0.2) is 23.6 Å². The van der Waals surface area contributed by atoms with Crippen LogP contribution in [0.25, 0.3) is 11.1 Å². The number of benzene rings is 4. The second-order valence-electron chi connectivity index (χ2n) is 8.05. The van der Waals surface area contributed by atoms with Crippen LogP contribution in [0.4, 0.5) is 22.0 Å². The van der Waals surface area contributed by atoms with Crippen molar-refractivity contribution in [2.45, 2.75) is 20.0 Å². The van der Waals surface area contributed by atoms with Crippen molar-refractivity contribution in [1.82, 2.24) is 0 Å². The average molecular weight is 482 g/mol. The monoisotopic (exact) mass is 482 g/mol. The lowest BCUT2D eigenvalue weighted by atomic mass is 9.97. The van der Waals surface area contributed by atoms with Crippen LogP contribution in [0.1, 0.15) is 38.7 Å². The lowest BCUT2D eigenvalue weighted by molar-refractivity contribution is 0.0358. The second kappa shape index (κ2) is 9.70. The minimum atomic E-state index is -1.90. The van der Waals surface area contributed by atoms with Crippen LogP contribution in [0, 0.1) is 42.9 Å². The van der Waals surface area contributed by atoms with E-state index in [-0.39, 0.29) is 5.56 Å². The summed E-state index contributed by atoms with van der Waals surface area (Å²) in [5, 5.41) is 0. The van der Waals surface area contributed by atoms with Crippen LogP contribution in [-0.2, 0) is 4.74 Å². The van der Waals surface area contributed by atoms with Gasteiger partial charge in [-0.3, -0.25) is 0 Å². The molecule has 1 unspecified atom stereocenters. The molecule has 1 atom stereocenters. The van der Waals surface area contributed by atoms with E-state index in [1.54, 1.807) is 18.2 Å². The standard InChI is InChI=1S/C28H19F5O2/c1-15-8-10-17(11-9-15)19-12-13-20(21(29)14-19)28(34)35-27(18-6-4-3-5-7-18)22-23(30)16(2)24(31)26(33)25(22)32/h3-14,27H,1-2H3. The first-order valence-corrected chi connectivity index (χ1v) is 10.6. The quantitative estimate of drug-likeness (QED) is 0.127. The van der Waals surface area contributed by atoms with E-state index in [0.29, 0.717) is 5.56 Å². The van der Waals surface area contributed by atoms with Gasteiger partial charge in [-0.05, 0) is 42.7 Å². The Morgan fingerprint density at radius 3 is 1.97 bits per heavy atom. The van der Waals surface area contributed by atoms with Crippen molar-refractivity contribution in [3.05, 3.63) is 130 Å². The van der Waals surface area contributed by atoms with E-state index in [4.69, 9.17) is 4.74 Å². The number of hydrogen-bond donors (Lipinski definition) is 0. The molecule has 0 saturated heterocycles. The molecule has 0 spiro atoms. The zero-order chi connectivity index (χ0) is 25.3. The summed E-state index contributed by atoms with van der Waals surface area (Å²) >= 11 is 0. The van der Waals surface area contributed by atoms with Gasteiger partial charge < -0.3 is 4.74 Å². The van der Waals surface area contributed by atoms with Gasteiger partial charge in [0.2, 0.25) is 0 Å². The Bertz CT molecular complexity index is 1370. The van der Waals surface area contributed by atoms with Crippen molar-refractivity contribution in [2.24, 2.45) is 0 Å². The normalized spacial score (nSPS) is 11.9. The van der Waals surface area contributed by atoms with Crippen molar-refractivity contribution >= 4 is 5.97 Å². The Kier molecular flexibility index (Phi) is 6.69. The summed E-state index contributed by atoms with van der Waals surface area (Å²) in [6.45, 7) is 2.84. The van der Waals surface area contributed by atoms with E-state index in [2.05, 4.69) is 0 Å². The molecule has 0 aliphatic rings. The molecule has 2 nitrogen and oxygen atoms in total. The van der Waals surface area contributed by atoms with Crippen LogP contribution in [-0.4, -0.2) is 5.97 Å². The third-order valence-electron chi connectivity index (χ3n) is 5.68. The second-order valence-corrected chi connectivity index (χ2v) is 8.05. The highest BCUT2D eigenvalue weighted by Gasteiger charge is 2.32. The molecule has 0 aliphatic heterocycles. The Labute approximate surface area is 198 Å². The van der Waals surface area contributed by atoms with Crippen LogP contribution >= 0.6 is 0 Å². The predicted octanol–water partition coefficient (Wildman–Crippen LogP) is 7.61. The summed E-state index contributed by atoms with van der Waals surface area (Å²) in [6, 6.07) is 18.5. The van der Waals surface area contributed by atoms with Crippen LogP contribution < -0.4 is 0 Å². The van der Waals surface area contributed by atoms with E-state index < -0.39 is 57.8 Å². The van der Waals surface area contributed by atoms with Gasteiger partial charge in [-0.15, -0.1) is 0 Å². The summed E-state index contributed by atoms with van der Waals surface area (Å²) in [7, 11) is 0. The average Bonchev–Trinajstić information content (AvgIpc) is 2.86. The molecule has 0 aromatic heterocycles. The topological polar surface area (TPSA) is 26.3 Å². The molecule has 4 aromatic carbocycles.